The first-order valence-electron chi connectivity index (χ1n) is 8.16. The molecule has 1 unspecified atom stereocenters. The minimum atomic E-state index is -0.492. The Morgan fingerprint density at radius 1 is 1.13 bits per heavy atom. The second-order valence-electron chi connectivity index (χ2n) is 5.85. The standard InChI is InChI=1S/C17H28N2O4/c1-22-17-5-3-2-4-15(17)13-23-14-16(21)12-19-8-6-18(7-9-19)10-11-20/h2-5,16,20-21H,6-14H2,1H3. The van der Waals surface area contributed by atoms with Crippen molar-refractivity contribution in [1.29, 1.82) is 0 Å². The average Bonchev–Trinajstić information content (AvgIpc) is 2.57. The number of β-amino-alcohol motifs (C(OH)–C–C–N with tert-alkyl or cyclic N) is 2. The topological polar surface area (TPSA) is 65.4 Å². The maximum absolute atomic E-state index is 10.1. The molecule has 6 nitrogen and oxygen atoms in total. The third kappa shape index (κ3) is 6.08. The van der Waals surface area contributed by atoms with Crippen LogP contribution in [-0.2, 0) is 11.3 Å². The highest BCUT2D eigenvalue weighted by atomic mass is 16.5. The van der Waals surface area contributed by atoms with Gasteiger partial charge in [0.2, 0.25) is 0 Å². The lowest BCUT2D eigenvalue weighted by atomic mass is 10.2. The Hall–Kier alpha value is -1.18. The zero-order chi connectivity index (χ0) is 16.5. The van der Waals surface area contributed by atoms with Gasteiger partial charge in [-0.1, -0.05) is 18.2 Å². The molecule has 1 fully saturated rings. The first-order valence-corrected chi connectivity index (χ1v) is 8.16. The van der Waals surface area contributed by atoms with Gasteiger partial charge in [-0.05, 0) is 6.07 Å². The number of aliphatic hydroxyl groups excluding tert-OH is 2. The van der Waals surface area contributed by atoms with Crippen molar-refractivity contribution in [1.82, 2.24) is 9.80 Å². The number of benzene rings is 1. The second-order valence-corrected chi connectivity index (χ2v) is 5.85. The Kier molecular flexibility index (Phi) is 7.78. The third-order valence-corrected chi connectivity index (χ3v) is 4.11. The van der Waals surface area contributed by atoms with Crippen molar-refractivity contribution in [2.24, 2.45) is 0 Å². The summed E-state index contributed by atoms with van der Waals surface area (Å²) in [6, 6.07) is 7.74. The summed E-state index contributed by atoms with van der Waals surface area (Å²) < 4.78 is 10.9. The van der Waals surface area contributed by atoms with E-state index < -0.39 is 6.10 Å². The van der Waals surface area contributed by atoms with Crippen LogP contribution >= 0.6 is 0 Å². The molecule has 130 valence electrons. The van der Waals surface area contributed by atoms with E-state index in [1.165, 1.54) is 0 Å². The number of hydrogen-bond donors (Lipinski definition) is 2. The molecule has 0 aliphatic carbocycles. The fourth-order valence-electron chi connectivity index (χ4n) is 2.81. The maximum Gasteiger partial charge on any atom is 0.124 e. The van der Waals surface area contributed by atoms with Crippen LogP contribution in [0.5, 0.6) is 5.75 Å². The number of hydrogen-bond acceptors (Lipinski definition) is 6. The number of rotatable bonds is 9. The summed E-state index contributed by atoms with van der Waals surface area (Å²) in [4.78, 5) is 4.48. The zero-order valence-corrected chi connectivity index (χ0v) is 13.9. The van der Waals surface area contributed by atoms with Crippen LogP contribution in [0.15, 0.2) is 24.3 Å². The number of para-hydroxylation sites is 1. The second kappa shape index (κ2) is 9.85. The molecular weight excluding hydrogens is 296 g/mol. The molecule has 2 N–H and O–H groups in total. The molecule has 1 aliphatic rings. The maximum atomic E-state index is 10.1. The third-order valence-electron chi connectivity index (χ3n) is 4.11. The lowest BCUT2D eigenvalue weighted by Crippen LogP contribution is -2.49. The van der Waals surface area contributed by atoms with Gasteiger partial charge in [0.25, 0.3) is 0 Å². The molecule has 0 spiro atoms. The molecule has 1 atom stereocenters. The van der Waals surface area contributed by atoms with Crippen LogP contribution in [0.2, 0.25) is 0 Å². The molecular formula is C17H28N2O4. The summed E-state index contributed by atoms with van der Waals surface area (Å²) in [5, 5.41) is 19.1. The lowest BCUT2D eigenvalue weighted by molar-refractivity contribution is 0.000134. The number of nitrogens with zero attached hydrogens (tertiary/aromatic N) is 2. The molecule has 0 aromatic heterocycles. The molecule has 1 heterocycles. The predicted molar refractivity (Wildman–Crippen MR) is 88.6 cm³/mol. The molecule has 1 aromatic rings. The Bertz CT molecular complexity index is 450. The van der Waals surface area contributed by atoms with Gasteiger partial charge >= 0.3 is 0 Å². The first-order chi connectivity index (χ1) is 11.2. The van der Waals surface area contributed by atoms with Gasteiger partial charge < -0.3 is 19.7 Å². The fraction of sp³-hybridized carbons (Fsp3) is 0.647. The average molecular weight is 324 g/mol. The van der Waals surface area contributed by atoms with Crippen LogP contribution < -0.4 is 4.74 Å². The van der Waals surface area contributed by atoms with Crippen LogP contribution in [0.4, 0.5) is 0 Å². The Morgan fingerprint density at radius 2 is 1.83 bits per heavy atom. The summed E-state index contributed by atoms with van der Waals surface area (Å²) in [6.07, 6.45) is -0.492. The Labute approximate surface area is 138 Å². The van der Waals surface area contributed by atoms with Crippen LogP contribution in [0.3, 0.4) is 0 Å². The van der Waals surface area contributed by atoms with Crippen LogP contribution in [0.25, 0.3) is 0 Å². The van der Waals surface area contributed by atoms with E-state index in [1.807, 2.05) is 24.3 Å². The quantitative estimate of drug-likeness (QED) is 0.676. The summed E-state index contributed by atoms with van der Waals surface area (Å²) >= 11 is 0. The summed E-state index contributed by atoms with van der Waals surface area (Å²) in [7, 11) is 1.64. The van der Waals surface area contributed by atoms with Gasteiger partial charge in [0.1, 0.15) is 5.75 Å². The van der Waals surface area contributed by atoms with Gasteiger partial charge in [-0.2, -0.15) is 0 Å². The van der Waals surface area contributed by atoms with Gasteiger partial charge in [0, 0.05) is 44.8 Å². The summed E-state index contributed by atoms with van der Waals surface area (Å²) in [5.41, 5.74) is 0.986. The highest BCUT2D eigenvalue weighted by Crippen LogP contribution is 2.18. The molecule has 0 bridgehead atoms. The molecule has 0 radical (unpaired) electrons. The molecule has 0 amide bonds. The predicted octanol–water partition coefficient (Wildman–Crippen LogP) is 0.183. The molecule has 2 rings (SSSR count). The van der Waals surface area contributed by atoms with Crippen molar-refractivity contribution in [2.75, 3.05) is 59.6 Å². The van der Waals surface area contributed by atoms with Crippen LogP contribution in [-0.4, -0.2) is 85.7 Å². The fourth-order valence-corrected chi connectivity index (χ4v) is 2.81. The Balaban J connectivity index is 1.65. The molecule has 0 saturated carbocycles. The van der Waals surface area contributed by atoms with E-state index in [0.29, 0.717) is 19.8 Å². The van der Waals surface area contributed by atoms with Gasteiger partial charge in [0.15, 0.2) is 0 Å². The number of aliphatic hydroxyl groups is 2. The monoisotopic (exact) mass is 324 g/mol. The molecule has 1 aliphatic heterocycles. The van der Waals surface area contributed by atoms with E-state index in [0.717, 1.165) is 44.0 Å². The van der Waals surface area contributed by atoms with Gasteiger partial charge in [-0.25, -0.2) is 0 Å². The van der Waals surface area contributed by atoms with Crippen molar-refractivity contribution in [3.8, 4) is 5.75 Å². The lowest BCUT2D eigenvalue weighted by Gasteiger charge is -2.35. The first kappa shape index (κ1) is 18.2. The van der Waals surface area contributed by atoms with Gasteiger partial charge in [0.05, 0.1) is 33.0 Å². The minimum absolute atomic E-state index is 0.208. The molecule has 1 aromatic carbocycles. The van der Waals surface area contributed by atoms with E-state index >= 15 is 0 Å². The highest BCUT2D eigenvalue weighted by Gasteiger charge is 2.18. The number of methoxy groups -OCH3 is 1. The van der Waals surface area contributed by atoms with Crippen LogP contribution in [0.1, 0.15) is 5.56 Å². The SMILES string of the molecule is COc1ccccc1COCC(O)CN1CCN(CCO)CC1. The Morgan fingerprint density at radius 3 is 2.52 bits per heavy atom. The number of piperazine rings is 1. The largest absolute Gasteiger partial charge is 0.496 e. The summed E-state index contributed by atoms with van der Waals surface area (Å²) in [6.45, 7) is 6.04. The normalized spacial score (nSPS) is 18.0. The summed E-state index contributed by atoms with van der Waals surface area (Å²) in [5.74, 6) is 0.807. The van der Waals surface area contributed by atoms with Crippen LogP contribution in [0, 0.1) is 0 Å². The van der Waals surface area contributed by atoms with Crippen molar-refractivity contribution in [2.45, 2.75) is 12.7 Å². The van der Waals surface area contributed by atoms with E-state index in [2.05, 4.69) is 9.80 Å². The molecule has 6 heteroatoms. The van der Waals surface area contributed by atoms with Gasteiger partial charge in [-0.3, -0.25) is 9.80 Å². The van der Waals surface area contributed by atoms with E-state index in [9.17, 15) is 5.11 Å². The zero-order valence-electron chi connectivity index (χ0n) is 13.9. The van der Waals surface area contributed by atoms with Crippen molar-refractivity contribution in [3.63, 3.8) is 0 Å². The van der Waals surface area contributed by atoms with Crippen molar-refractivity contribution >= 4 is 0 Å². The van der Waals surface area contributed by atoms with E-state index in [1.54, 1.807) is 7.11 Å². The highest BCUT2D eigenvalue weighted by molar-refractivity contribution is 5.32. The number of ether oxygens (including phenoxy) is 2. The smallest absolute Gasteiger partial charge is 0.124 e. The molecule has 23 heavy (non-hydrogen) atoms. The van der Waals surface area contributed by atoms with E-state index in [-0.39, 0.29) is 6.61 Å². The molecule has 1 saturated heterocycles. The minimum Gasteiger partial charge on any atom is -0.496 e. The van der Waals surface area contributed by atoms with Crippen molar-refractivity contribution in [3.05, 3.63) is 29.8 Å². The van der Waals surface area contributed by atoms with Crippen molar-refractivity contribution < 1.29 is 19.7 Å². The van der Waals surface area contributed by atoms with Gasteiger partial charge in [-0.15, -0.1) is 0 Å². The van der Waals surface area contributed by atoms with E-state index in [4.69, 9.17) is 14.6 Å².